The van der Waals surface area contributed by atoms with Crippen molar-refractivity contribution >= 4 is 22.6 Å². The Hall–Kier alpha value is -2.08. The van der Waals surface area contributed by atoms with Crippen molar-refractivity contribution in [2.75, 3.05) is 18.8 Å². The van der Waals surface area contributed by atoms with E-state index in [1.807, 2.05) is 18.2 Å². The summed E-state index contributed by atoms with van der Waals surface area (Å²) in [4.78, 5) is 21.5. The van der Waals surface area contributed by atoms with Gasteiger partial charge in [-0.15, -0.1) is 0 Å². The molecule has 0 radical (unpaired) electrons. The van der Waals surface area contributed by atoms with E-state index >= 15 is 0 Å². The van der Waals surface area contributed by atoms with Gasteiger partial charge in [0.25, 0.3) is 0 Å². The first-order valence-electron chi connectivity index (χ1n) is 7.41. The van der Waals surface area contributed by atoms with Crippen LogP contribution in [0.2, 0.25) is 0 Å². The van der Waals surface area contributed by atoms with Gasteiger partial charge in [-0.05, 0) is 37.6 Å². The number of hydrogen-bond donors (Lipinski definition) is 3. The molecule has 6 heteroatoms. The van der Waals surface area contributed by atoms with Crippen LogP contribution in [0.5, 0.6) is 0 Å². The lowest BCUT2D eigenvalue weighted by atomic mass is 10.0. The molecule has 0 saturated carbocycles. The highest BCUT2D eigenvalue weighted by molar-refractivity contribution is 5.80. The maximum Gasteiger partial charge on any atom is 0.234 e. The molecule has 1 fully saturated rings. The fourth-order valence-corrected chi connectivity index (χ4v) is 3.03. The van der Waals surface area contributed by atoms with E-state index in [9.17, 15) is 4.79 Å². The Morgan fingerprint density at radius 1 is 1.43 bits per heavy atom. The van der Waals surface area contributed by atoms with Crippen LogP contribution < -0.4 is 11.5 Å². The molecule has 1 unspecified atom stereocenters. The molecule has 2 heterocycles. The minimum atomic E-state index is -0.216. The number of nitrogens with one attached hydrogen (secondary N) is 1. The van der Waals surface area contributed by atoms with Crippen LogP contribution in [0.3, 0.4) is 0 Å². The average Bonchev–Trinajstić information content (AvgIpc) is 2.87. The number of nitrogen functional groups attached to an aromatic ring is 1. The summed E-state index contributed by atoms with van der Waals surface area (Å²) in [6.07, 6.45) is 3.85. The van der Waals surface area contributed by atoms with E-state index in [0.717, 1.165) is 61.3 Å². The Morgan fingerprint density at radius 3 is 3.10 bits per heavy atom. The molecule has 0 bridgehead atoms. The Balaban J connectivity index is 1.69. The van der Waals surface area contributed by atoms with Gasteiger partial charge in [0.1, 0.15) is 5.82 Å². The number of carbonyl (C=O) groups excluding carboxylic acids is 1. The maximum absolute atomic E-state index is 11.5. The number of likely N-dealkylation sites (tertiary alicyclic amines) is 1. The topological polar surface area (TPSA) is 101 Å². The number of benzene rings is 1. The number of hydrogen-bond acceptors (Lipinski definition) is 4. The number of fused-ring (bicyclic) bond motifs is 1. The molecule has 1 aromatic carbocycles. The standard InChI is InChI=1S/C15H21N5O/c16-10-4-5-11-12(9-10)19-14(18-11)6-8-20-7-2-1-3-13(20)15(17)21/h4-5,9,13H,1-3,6-8,16H2,(H2,17,21)(H,18,19). The Bertz CT molecular complexity index is 651. The molecular formula is C15H21N5O. The highest BCUT2D eigenvalue weighted by Gasteiger charge is 2.26. The summed E-state index contributed by atoms with van der Waals surface area (Å²) in [7, 11) is 0. The number of rotatable bonds is 4. The lowest BCUT2D eigenvalue weighted by Gasteiger charge is -2.33. The second-order valence-corrected chi connectivity index (χ2v) is 5.66. The summed E-state index contributed by atoms with van der Waals surface area (Å²) < 4.78 is 0. The zero-order valence-electron chi connectivity index (χ0n) is 12.0. The van der Waals surface area contributed by atoms with Crippen LogP contribution in [0.15, 0.2) is 18.2 Å². The molecule has 1 saturated heterocycles. The Morgan fingerprint density at radius 2 is 2.29 bits per heavy atom. The third-order valence-electron chi connectivity index (χ3n) is 4.13. The van der Waals surface area contributed by atoms with Crippen LogP contribution in [0, 0.1) is 0 Å². The zero-order valence-corrected chi connectivity index (χ0v) is 12.0. The minimum Gasteiger partial charge on any atom is -0.399 e. The average molecular weight is 287 g/mol. The predicted octanol–water partition coefficient (Wildman–Crippen LogP) is 1.03. The molecule has 1 atom stereocenters. The summed E-state index contributed by atoms with van der Waals surface area (Å²) in [5.41, 5.74) is 13.9. The van der Waals surface area contributed by atoms with E-state index in [4.69, 9.17) is 11.5 Å². The van der Waals surface area contributed by atoms with Crippen LogP contribution >= 0.6 is 0 Å². The summed E-state index contributed by atoms with van der Waals surface area (Å²) in [6.45, 7) is 1.73. The number of primary amides is 1. The smallest absolute Gasteiger partial charge is 0.234 e. The van der Waals surface area contributed by atoms with Gasteiger partial charge in [0.15, 0.2) is 0 Å². The van der Waals surface area contributed by atoms with E-state index in [2.05, 4.69) is 14.9 Å². The first-order chi connectivity index (χ1) is 10.1. The highest BCUT2D eigenvalue weighted by Crippen LogP contribution is 2.18. The fourth-order valence-electron chi connectivity index (χ4n) is 3.03. The summed E-state index contributed by atoms with van der Waals surface area (Å²) >= 11 is 0. The van der Waals surface area contributed by atoms with Crippen molar-refractivity contribution in [3.63, 3.8) is 0 Å². The Labute approximate surface area is 123 Å². The third-order valence-corrected chi connectivity index (χ3v) is 4.13. The van der Waals surface area contributed by atoms with Crippen molar-refractivity contribution in [3.05, 3.63) is 24.0 Å². The SMILES string of the molecule is NC(=O)C1CCCCN1CCc1nc2ccc(N)cc2[nH]1. The van der Waals surface area contributed by atoms with Gasteiger partial charge in [0.2, 0.25) is 5.91 Å². The van der Waals surface area contributed by atoms with Crippen LogP contribution in [-0.2, 0) is 11.2 Å². The van der Waals surface area contributed by atoms with Crippen molar-refractivity contribution in [1.82, 2.24) is 14.9 Å². The molecule has 2 aromatic rings. The van der Waals surface area contributed by atoms with Gasteiger partial charge >= 0.3 is 0 Å². The van der Waals surface area contributed by atoms with Gasteiger partial charge < -0.3 is 16.5 Å². The monoisotopic (exact) mass is 287 g/mol. The summed E-state index contributed by atoms with van der Waals surface area (Å²) in [5.74, 6) is 0.705. The maximum atomic E-state index is 11.5. The molecule has 112 valence electrons. The molecule has 3 rings (SSSR count). The molecule has 21 heavy (non-hydrogen) atoms. The van der Waals surface area contributed by atoms with Crippen LogP contribution in [-0.4, -0.2) is 39.9 Å². The quantitative estimate of drug-likeness (QED) is 0.731. The largest absolute Gasteiger partial charge is 0.399 e. The van der Waals surface area contributed by atoms with Gasteiger partial charge in [-0.3, -0.25) is 9.69 Å². The molecule has 0 aliphatic carbocycles. The van der Waals surface area contributed by atoms with Crippen LogP contribution in [0.4, 0.5) is 5.69 Å². The van der Waals surface area contributed by atoms with Gasteiger partial charge in [0.05, 0.1) is 17.1 Å². The van der Waals surface area contributed by atoms with Crippen molar-refractivity contribution in [2.45, 2.75) is 31.7 Å². The van der Waals surface area contributed by atoms with Gasteiger partial charge in [0, 0.05) is 18.7 Å². The Kier molecular flexibility index (Phi) is 3.79. The first kappa shape index (κ1) is 13.9. The number of imidazole rings is 1. The third kappa shape index (κ3) is 3.00. The molecule has 6 nitrogen and oxygen atoms in total. The molecular weight excluding hydrogens is 266 g/mol. The number of carbonyl (C=O) groups is 1. The van der Waals surface area contributed by atoms with Gasteiger partial charge in [-0.2, -0.15) is 0 Å². The zero-order chi connectivity index (χ0) is 14.8. The number of nitrogens with two attached hydrogens (primary N) is 2. The molecule has 1 aliphatic heterocycles. The number of piperidine rings is 1. The van der Waals surface area contributed by atoms with E-state index in [-0.39, 0.29) is 11.9 Å². The second-order valence-electron chi connectivity index (χ2n) is 5.66. The predicted molar refractivity (Wildman–Crippen MR) is 82.6 cm³/mol. The van der Waals surface area contributed by atoms with Crippen molar-refractivity contribution < 1.29 is 4.79 Å². The van der Waals surface area contributed by atoms with Gasteiger partial charge in [-0.25, -0.2) is 4.98 Å². The van der Waals surface area contributed by atoms with Crippen LogP contribution in [0.25, 0.3) is 11.0 Å². The van der Waals surface area contributed by atoms with Crippen molar-refractivity contribution in [2.24, 2.45) is 5.73 Å². The normalized spacial score (nSPS) is 19.9. The molecule has 1 aromatic heterocycles. The lowest BCUT2D eigenvalue weighted by Crippen LogP contribution is -2.48. The summed E-state index contributed by atoms with van der Waals surface area (Å²) in [6, 6.07) is 5.52. The second kappa shape index (κ2) is 5.73. The van der Waals surface area contributed by atoms with Crippen LogP contribution in [0.1, 0.15) is 25.1 Å². The van der Waals surface area contributed by atoms with E-state index < -0.39 is 0 Å². The number of aromatic nitrogens is 2. The minimum absolute atomic E-state index is 0.126. The lowest BCUT2D eigenvalue weighted by molar-refractivity contribution is -0.124. The number of anilines is 1. The highest BCUT2D eigenvalue weighted by atomic mass is 16.1. The fraction of sp³-hybridized carbons (Fsp3) is 0.467. The first-order valence-corrected chi connectivity index (χ1v) is 7.41. The molecule has 1 aliphatic rings. The van der Waals surface area contributed by atoms with E-state index in [1.165, 1.54) is 0 Å². The van der Waals surface area contributed by atoms with E-state index in [0.29, 0.717) is 0 Å². The number of amides is 1. The molecule has 1 amide bonds. The number of nitrogens with zero attached hydrogens (tertiary/aromatic N) is 2. The van der Waals surface area contributed by atoms with Crippen molar-refractivity contribution in [3.8, 4) is 0 Å². The van der Waals surface area contributed by atoms with E-state index in [1.54, 1.807) is 0 Å². The molecule has 0 spiro atoms. The summed E-state index contributed by atoms with van der Waals surface area (Å²) in [5, 5.41) is 0. The number of aromatic amines is 1. The van der Waals surface area contributed by atoms with Gasteiger partial charge in [-0.1, -0.05) is 6.42 Å². The molecule has 5 N–H and O–H groups in total. The van der Waals surface area contributed by atoms with Crippen molar-refractivity contribution in [1.29, 1.82) is 0 Å². The number of H-pyrrole nitrogens is 1.